The van der Waals surface area contributed by atoms with Crippen LogP contribution in [0.5, 0.6) is 0 Å². The SMILES string of the molecule is COCCNC(=O)CN1CCN(C(=O)OC(C)(C)C)CC1. The molecule has 0 aliphatic carbocycles. The topological polar surface area (TPSA) is 71.1 Å². The number of hydrogen-bond acceptors (Lipinski definition) is 5. The maximum absolute atomic E-state index is 11.9. The zero-order valence-corrected chi connectivity index (χ0v) is 13.5. The highest BCUT2D eigenvalue weighted by Crippen LogP contribution is 2.11. The van der Waals surface area contributed by atoms with Crippen molar-refractivity contribution in [3.05, 3.63) is 0 Å². The van der Waals surface area contributed by atoms with Crippen LogP contribution >= 0.6 is 0 Å². The Labute approximate surface area is 126 Å². The molecule has 1 aliphatic rings. The van der Waals surface area contributed by atoms with Crippen LogP contribution in [0.2, 0.25) is 0 Å². The molecular weight excluding hydrogens is 274 g/mol. The fraction of sp³-hybridized carbons (Fsp3) is 0.857. The maximum Gasteiger partial charge on any atom is 0.410 e. The summed E-state index contributed by atoms with van der Waals surface area (Å²) >= 11 is 0. The zero-order valence-electron chi connectivity index (χ0n) is 13.5. The quantitative estimate of drug-likeness (QED) is 0.740. The molecule has 7 nitrogen and oxygen atoms in total. The lowest BCUT2D eigenvalue weighted by atomic mass is 10.2. The van der Waals surface area contributed by atoms with Gasteiger partial charge in [-0.25, -0.2) is 4.79 Å². The second kappa shape index (κ2) is 8.19. The summed E-state index contributed by atoms with van der Waals surface area (Å²) in [6, 6.07) is 0. The third-order valence-electron chi connectivity index (χ3n) is 3.02. The molecule has 122 valence electrons. The lowest BCUT2D eigenvalue weighted by Gasteiger charge is -2.35. The second-order valence-corrected chi connectivity index (χ2v) is 6.09. The Balaban J connectivity index is 2.26. The Morgan fingerprint density at radius 2 is 1.76 bits per heavy atom. The second-order valence-electron chi connectivity index (χ2n) is 6.09. The summed E-state index contributed by atoms with van der Waals surface area (Å²) in [5.41, 5.74) is -0.477. The van der Waals surface area contributed by atoms with Gasteiger partial charge in [-0.1, -0.05) is 0 Å². The monoisotopic (exact) mass is 301 g/mol. The van der Waals surface area contributed by atoms with E-state index in [1.807, 2.05) is 25.7 Å². The highest BCUT2D eigenvalue weighted by atomic mass is 16.6. The van der Waals surface area contributed by atoms with Crippen LogP contribution in [-0.4, -0.2) is 80.4 Å². The van der Waals surface area contributed by atoms with Crippen LogP contribution < -0.4 is 5.32 Å². The Kier molecular flexibility index (Phi) is 6.91. The largest absolute Gasteiger partial charge is 0.444 e. The Morgan fingerprint density at radius 3 is 2.29 bits per heavy atom. The van der Waals surface area contributed by atoms with Crippen molar-refractivity contribution in [2.45, 2.75) is 26.4 Å². The van der Waals surface area contributed by atoms with Gasteiger partial charge in [0.2, 0.25) is 5.91 Å². The third-order valence-corrected chi connectivity index (χ3v) is 3.02. The number of nitrogens with one attached hydrogen (secondary N) is 1. The summed E-state index contributed by atoms with van der Waals surface area (Å²) < 4.78 is 10.2. The van der Waals surface area contributed by atoms with Crippen molar-refractivity contribution in [2.24, 2.45) is 0 Å². The van der Waals surface area contributed by atoms with Crippen molar-refractivity contribution in [3.8, 4) is 0 Å². The Hall–Kier alpha value is -1.34. The van der Waals surface area contributed by atoms with Gasteiger partial charge in [0.25, 0.3) is 0 Å². The van der Waals surface area contributed by atoms with E-state index in [4.69, 9.17) is 9.47 Å². The van der Waals surface area contributed by atoms with Gasteiger partial charge in [0.15, 0.2) is 0 Å². The van der Waals surface area contributed by atoms with Crippen molar-refractivity contribution in [2.75, 3.05) is 53.0 Å². The Bertz CT molecular complexity index is 347. The molecule has 0 aromatic heterocycles. The number of methoxy groups -OCH3 is 1. The molecule has 7 heteroatoms. The van der Waals surface area contributed by atoms with Gasteiger partial charge in [0.1, 0.15) is 5.60 Å². The molecule has 1 rings (SSSR count). The first-order valence-electron chi connectivity index (χ1n) is 7.28. The molecule has 1 heterocycles. The van der Waals surface area contributed by atoms with E-state index in [2.05, 4.69) is 5.32 Å². The van der Waals surface area contributed by atoms with Crippen molar-refractivity contribution in [1.82, 2.24) is 15.1 Å². The van der Waals surface area contributed by atoms with Gasteiger partial charge >= 0.3 is 6.09 Å². The van der Waals surface area contributed by atoms with Crippen LogP contribution in [0.25, 0.3) is 0 Å². The van der Waals surface area contributed by atoms with Gasteiger partial charge in [0, 0.05) is 39.8 Å². The van der Waals surface area contributed by atoms with E-state index in [1.54, 1.807) is 12.0 Å². The molecule has 1 aliphatic heterocycles. The van der Waals surface area contributed by atoms with Gasteiger partial charge < -0.3 is 19.7 Å². The molecule has 0 saturated carbocycles. The van der Waals surface area contributed by atoms with Crippen molar-refractivity contribution < 1.29 is 19.1 Å². The van der Waals surface area contributed by atoms with E-state index in [9.17, 15) is 9.59 Å². The van der Waals surface area contributed by atoms with Gasteiger partial charge in [-0.05, 0) is 20.8 Å². The predicted octanol–water partition coefficient (Wildman–Crippen LogP) is 0.302. The first kappa shape index (κ1) is 17.7. The van der Waals surface area contributed by atoms with Crippen LogP contribution in [-0.2, 0) is 14.3 Å². The molecule has 0 aromatic rings. The molecule has 0 radical (unpaired) electrons. The smallest absolute Gasteiger partial charge is 0.410 e. The lowest BCUT2D eigenvalue weighted by molar-refractivity contribution is -0.122. The predicted molar refractivity (Wildman–Crippen MR) is 79.1 cm³/mol. The molecule has 1 fully saturated rings. The molecular formula is C14H27N3O4. The molecule has 2 amide bonds. The zero-order chi connectivity index (χ0) is 15.9. The van der Waals surface area contributed by atoms with E-state index in [1.165, 1.54) is 0 Å². The van der Waals surface area contributed by atoms with Crippen LogP contribution in [0.15, 0.2) is 0 Å². The normalized spacial score (nSPS) is 16.7. The lowest BCUT2D eigenvalue weighted by Crippen LogP contribution is -2.52. The number of ether oxygens (including phenoxy) is 2. The molecule has 0 aromatic carbocycles. The maximum atomic E-state index is 11.9. The number of carbonyl (C=O) groups excluding carboxylic acids is 2. The molecule has 21 heavy (non-hydrogen) atoms. The molecule has 0 spiro atoms. The van der Waals surface area contributed by atoms with Crippen molar-refractivity contribution >= 4 is 12.0 Å². The van der Waals surface area contributed by atoms with Gasteiger partial charge in [-0.2, -0.15) is 0 Å². The van der Waals surface area contributed by atoms with Gasteiger partial charge in [-0.3, -0.25) is 9.69 Å². The van der Waals surface area contributed by atoms with Crippen LogP contribution in [0, 0.1) is 0 Å². The summed E-state index contributed by atoms with van der Waals surface area (Å²) in [5, 5.41) is 2.79. The minimum atomic E-state index is -0.477. The van der Waals surface area contributed by atoms with E-state index in [0.717, 1.165) is 0 Å². The average molecular weight is 301 g/mol. The fourth-order valence-electron chi connectivity index (χ4n) is 1.97. The fourth-order valence-corrected chi connectivity index (χ4v) is 1.97. The summed E-state index contributed by atoms with van der Waals surface area (Å²) in [6.07, 6.45) is -0.285. The van der Waals surface area contributed by atoms with Crippen LogP contribution in [0.3, 0.4) is 0 Å². The van der Waals surface area contributed by atoms with E-state index in [0.29, 0.717) is 45.9 Å². The van der Waals surface area contributed by atoms with E-state index < -0.39 is 5.60 Å². The first-order valence-corrected chi connectivity index (χ1v) is 7.28. The number of nitrogens with zero attached hydrogens (tertiary/aromatic N) is 2. The van der Waals surface area contributed by atoms with Gasteiger partial charge in [0.05, 0.1) is 13.2 Å². The highest BCUT2D eigenvalue weighted by molar-refractivity contribution is 5.78. The number of amides is 2. The summed E-state index contributed by atoms with van der Waals surface area (Å²) in [6.45, 7) is 9.47. The molecule has 1 N–H and O–H groups in total. The third kappa shape index (κ3) is 7.29. The minimum absolute atomic E-state index is 0.0160. The summed E-state index contributed by atoms with van der Waals surface area (Å²) in [5.74, 6) is -0.0160. The van der Waals surface area contributed by atoms with Gasteiger partial charge in [-0.15, -0.1) is 0 Å². The minimum Gasteiger partial charge on any atom is -0.444 e. The molecule has 0 unspecified atom stereocenters. The standard InChI is InChI=1S/C14H27N3O4/c1-14(2,3)21-13(19)17-8-6-16(7-9-17)11-12(18)15-5-10-20-4/h5-11H2,1-4H3,(H,15,18). The van der Waals surface area contributed by atoms with Crippen LogP contribution in [0.1, 0.15) is 20.8 Å². The van der Waals surface area contributed by atoms with E-state index in [-0.39, 0.29) is 12.0 Å². The number of hydrogen-bond donors (Lipinski definition) is 1. The van der Waals surface area contributed by atoms with Crippen molar-refractivity contribution in [3.63, 3.8) is 0 Å². The molecule has 1 saturated heterocycles. The first-order chi connectivity index (χ1) is 9.81. The van der Waals surface area contributed by atoms with E-state index >= 15 is 0 Å². The number of piperazine rings is 1. The Morgan fingerprint density at radius 1 is 1.14 bits per heavy atom. The molecule has 0 bridgehead atoms. The van der Waals surface area contributed by atoms with Crippen molar-refractivity contribution in [1.29, 1.82) is 0 Å². The van der Waals surface area contributed by atoms with Crippen LogP contribution in [0.4, 0.5) is 4.79 Å². The number of rotatable bonds is 5. The average Bonchev–Trinajstić information content (AvgIpc) is 2.38. The summed E-state index contributed by atoms with van der Waals surface area (Å²) in [7, 11) is 1.60. The number of carbonyl (C=O) groups is 2. The highest BCUT2D eigenvalue weighted by Gasteiger charge is 2.26. The summed E-state index contributed by atoms with van der Waals surface area (Å²) in [4.78, 5) is 27.3. The molecule has 0 atom stereocenters.